The Bertz CT molecular complexity index is 661. The van der Waals surface area contributed by atoms with Crippen LogP contribution in [0.3, 0.4) is 0 Å². The van der Waals surface area contributed by atoms with Crippen LogP contribution in [0.2, 0.25) is 0 Å². The Morgan fingerprint density at radius 2 is 1.77 bits per heavy atom. The number of amides is 3. The quantitative estimate of drug-likeness (QED) is 0.898. The van der Waals surface area contributed by atoms with Crippen molar-refractivity contribution in [2.75, 3.05) is 32.8 Å². The maximum absolute atomic E-state index is 12.6. The first-order valence-corrected chi connectivity index (χ1v) is 9.75. The fourth-order valence-electron chi connectivity index (χ4n) is 3.99. The zero-order valence-corrected chi connectivity index (χ0v) is 15.4. The highest BCUT2D eigenvalue weighted by molar-refractivity contribution is 5.82. The van der Waals surface area contributed by atoms with Crippen LogP contribution in [-0.2, 0) is 4.79 Å². The van der Waals surface area contributed by atoms with E-state index in [0.29, 0.717) is 25.8 Å². The molecule has 26 heavy (non-hydrogen) atoms. The van der Waals surface area contributed by atoms with E-state index in [2.05, 4.69) is 41.4 Å². The topological polar surface area (TPSA) is 55.9 Å². The molecule has 2 aliphatic heterocycles. The van der Waals surface area contributed by atoms with Gasteiger partial charge in [0.25, 0.3) is 0 Å². The molecule has 3 fully saturated rings. The molecule has 2 saturated heterocycles. The summed E-state index contributed by atoms with van der Waals surface area (Å²) in [5.74, 6) is 0.449. The first-order chi connectivity index (χ1) is 12.6. The molecule has 4 rings (SSSR count). The van der Waals surface area contributed by atoms with Crippen molar-refractivity contribution in [2.45, 2.75) is 38.3 Å². The number of benzene rings is 1. The van der Waals surface area contributed by atoms with E-state index in [1.165, 1.54) is 5.56 Å². The highest BCUT2D eigenvalue weighted by atomic mass is 16.2. The standard InChI is InChI=1S/C20H28N4O2/c1-15(16-5-3-2-4-6-16)22-10-9-18(13-22)21-20(26)24-12-11-23(14-24)19(25)17-7-8-17/h2-6,15,17-18H,7-14H2,1H3,(H,21,26). The number of hydrogen-bond acceptors (Lipinski definition) is 3. The maximum Gasteiger partial charge on any atom is 0.319 e. The van der Waals surface area contributed by atoms with Gasteiger partial charge >= 0.3 is 6.03 Å². The van der Waals surface area contributed by atoms with Crippen molar-refractivity contribution in [3.63, 3.8) is 0 Å². The molecule has 3 amide bonds. The van der Waals surface area contributed by atoms with Crippen molar-refractivity contribution in [1.29, 1.82) is 0 Å². The highest BCUT2D eigenvalue weighted by Crippen LogP contribution is 2.31. The molecule has 140 valence electrons. The van der Waals surface area contributed by atoms with Gasteiger partial charge in [-0.05, 0) is 31.7 Å². The van der Waals surface area contributed by atoms with E-state index in [0.717, 1.165) is 32.4 Å². The molecule has 3 aliphatic rings. The van der Waals surface area contributed by atoms with Gasteiger partial charge in [-0.1, -0.05) is 30.3 Å². The van der Waals surface area contributed by atoms with Gasteiger partial charge in [0.05, 0.1) is 6.67 Å². The van der Waals surface area contributed by atoms with Crippen molar-refractivity contribution in [3.8, 4) is 0 Å². The molecule has 2 atom stereocenters. The fourth-order valence-corrected chi connectivity index (χ4v) is 3.99. The summed E-state index contributed by atoms with van der Waals surface area (Å²) in [6, 6.07) is 11.0. The monoisotopic (exact) mass is 356 g/mol. The number of carbonyl (C=O) groups is 2. The van der Waals surface area contributed by atoms with E-state index in [9.17, 15) is 9.59 Å². The molecule has 0 bridgehead atoms. The van der Waals surface area contributed by atoms with Gasteiger partial charge in [0.1, 0.15) is 0 Å². The van der Waals surface area contributed by atoms with Gasteiger partial charge in [0.2, 0.25) is 5.91 Å². The lowest BCUT2D eigenvalue weighted by Crippen LogP contribution is -2.46. The minimum Gasteiger partial charge on any atom is -0.334 e. The van der Waals surface area contributed by atoms with Crippen molar-refractivity contribution < 1.29 is 9.59 Å². The molecule has 1 N–H and O–H groups in total. The number of hydrogen-bond donors (Lipinski definition) is 1. The third kappa shape index (κ3) is 3.70. The Morgan fingerprint density at radius 3 is 2.50 bits per heavy atom. The molecule has 2 heterocycles. The summed E-state index contributed by atoms with van der Waals surface area (Å²) in [4.78, 5) is 30.7. The van der Waals surface area contributed by atoms with E-state index in [1.54, 1.807) is 4.90 Å². The summed E-state index contributed by atoms with van der Waals surface area (Å²) in [7, 11) is 0. The van der Waals surface area contributed by atoms with Gasteiger partial charge in [-0.25, -0.2) is 4.79 Å². The zero-order valence-electron chi connectivity index (χ0n) is 15.4. The highest BCUT2D eigenvalue weighted by Gasteiger charge is 2.37. The minimum absolute atomic E-state index is 0.0321. The van der Waals surface area contributed by atoms with Crippen LogP contribution >= 0.6 is 0 Å². The van der Waals surface area contributed by atoms with Gasteiger partial charge in [0, 0.05) is 44.2 Å². The Morgan fingerprint density at radius 1 is 1.04 bits per heavy atom. The number of nitrogens with zero attached hydrogens (tertiary/aromatic N) is 3. The summed E-state index contributed by atoms with van der Waals surface area (Å²) in [6.07, 6.45) is 3.00. The summed E-state index contributed by atoms with van der Waals surface area (Å²) < 4.78 is 0. The van der Waals surface area contributed by atoms with E-state index in [-0.39, 0.29) is 23.9 Å². The molecule has 1 aromatic rings. The average Bonchev–Trinajstić information content (AvgIpc) is 3.21. The summed E-state index contributed by atoms with van der Waals surface area (Å²) in [5.41, 5.74) is 1.31. The first kappa shape index (κ1) is 17.3. The lowest BCUT2D eigenvalue weighted by molar-refractivity contribution is -0.131. The second kappa shape index (κ2) is 7.27. The largest absolute Gasteiger partial charge is 0.334 e. The van der Waals surface area contributed by atoms with Gasteiger partial charge in [-0.15, -0.1) is 0 Å². The molecule has 6 nitrogen and oxygen atoms in total. The summed E-state index contributed by atoms with van der Waals surface area (Å²) >= 11 is 0. The zero-order chi connectivity index (χ0) is 18.1. The van der Waals surface area contributed by atoms with Crippen LogP contribution in [0.5, 0.6) is 0 Å². The SMILES string of the molecule is CC(c1ccccc1)N1CCC(NC(=O)N2CCN(C(=O)C3CC3)C2)C1. The van der Waals surface area contributed by atoms with Gasteiger partial charge < -0.3 is 15.1 Å². The minimum atomic E-state index is -0.0321. The van der Waals surface area contributed by atoms with Gasteiger partial charge in [-0.3, -0.25) is 9.69 Å². The lowest BCUT2D eigenvalue weighted by atomic mass is 10.1. The molecule has 0 aromatic heterocycles. The van der Waals surface area contributed by atoms with Crippen molar-refractivity contribution in [1.82, 2.24) is 20.0 Å². The third-order valence-electron chi connectivity index (χ3n) is 5.88. The van der Waals surface area contributed by atoms with E-state index >= 15 is 0 Å². The number of rotatable bonds is 4. The smallest absolute Gasteiger partial charge is 0.319 e. The molecule has 6 heteroatoms. The molecule has 1 aromatic carbocycles. The molecule has 0 spiro atoms. The maximum atomic E-state index is 12.6. The molecular formula is C20H28N4O2. The van der Waals surface area contributed by atoms with Crippen LogP contribution in [-0.4, -0.2) is 65.5 Å². The Hall–Kier alpha value is -2.08. The number of likely N-dealkylation sites (tertiary alicyclic amines) is 1. The van der Waals surface area contributed by atoms with Gasteiger partial charge in [-0.2, -0.15) is 0 Å². The van der Waals surface area contributed by atoms with Crippen molar-refractivity contribution in [2.24, 2.45) is 5.92 Å². The Labute approximate surface area is 155 Å². The van der Waals surface area contributed by atoms with E-state index in [1.807, 2.05) is 11.0 Å². The van der Waals surface area contributed by atoms with Gasteiger partial charge in [0.15, 0.2) is 0 Å². The molecule has 0 radical (unpaired) electrons. The van der Waals surface area contributed by atoms with Crippen LogP contribution in [0.15, 0.2) is 30.3 Å². The number of urea groups is 1. The molecule has 1 aliphatic carbocycles. The van der Waals surface area contributed by atoms with Crippen LogP contribution in [0.4, 0.5) is 4.79 Å². The second-order valence-corrected chi connectivity index (χ2v) is 7.80. The van der Waals surface area contributed by atoms with Crippen LogP contribution < -0.4 is 5.32 Å². The number of carbonyl (C=O) groups excluding carboxylic acids is 2. The summed E-state index contributed by atoms with van der Waals surface area (Å²) in [6.45, 7) is 5.85. The molecular weight excluding hydrogens is 328 g/mol. The fraction of sp³-hybridized carbons (Fsp3) is 0.600. The summed E-state index contributed by atoms with van der Waals surface area (Å²) in [5, 5.41) is 3.17. The number of nitrogens with one attached hydrogen (secondary N) is 1. The first-order valence-electron chi connectivity index (χ1n) is 9.75. The second-order valence-electron chi connectivity index (χ2n) is 7.80. The van der Waals surface area contributed by atoms with Crippen LogP contribution in [0.25, 0.3) is 0 Å². The van der Waals surface area contributed by atoms with Crippen LogP contribution in [0.1, 0.15) is 37.8 Å². The Kier molecular flexibility index (Phi) is 4.85. The van der Waals surface area contributed by atoms with E-state index < -0.39 is 0 Å². The predicted molar refractivity (Wildman–Crippen MR) is 99.4 cm³/mol. The molecule has 1 saturated carbocycles. The lowest BCUT2D eigenvalue weighted by Gasteiger charge is -2.25. The van der Waals surface area contributed by atoms with Crippen LogP contribution in [0, 0.1) is 5.92 Å². The normalized spacial score (nSPS) is 24.7. The van der Waals surface area contributed by atoms with Crippen molar-refractivity contribution in [3.05, 3.63) is 35.9 Å². The molecule has 2 unspecified atom stereocenters. The Balaban J connectivity index is 1.26. The van der Waals surface area contributed by atoms with E-state index in [4.69, 9.17) is 0 Å². The predicted octanol–water partition coefficient (Wildman–Crippen LogP) is 2.04. The van der Waals surface area contributed by atoms with Crippen molar-refractivity contribution >= 4 is 11.9 Å². The third-order valence-corrected chi connectivity index (χ3v) is 5.88. The average molecular weight is 356 g/mol.